The largest absolute Gasteiger partial charge is 0.0886 e. The molecule has 0 bridgehead atoms. The molecule has 0 aromatic rings. The lowest BCUT2D eigenvalue weighted by Crippen LogP contribution is -2.53. The van der Waals surface area contributed by atoms with Gasteiger partial charge in [-0.1, -0.05) is 84.8 Å². The molecule has 4 aliphatic rings. The molecule has 1 heteroatoms. The summed E-state index contributed by atoms with van der Waals surface area (Å²) >= 11 is 0. The zero-order valence-electron chi connectivity index (χ0n) is 22.4. The first-order chi connectivity index (χ1) is 14.5. The topological polar surface area (TPSA) is 0 Å². The van der Waals surface area contributed by atoms with Gasteiger partial charge >= 0.3 is 0 Å². The van der Waals surface area contributed by atoms with Crippen LogP contribution in [-0.2, 0) is 0 Å². The van der Waals surface area contributed by atoms with Crippen molar-refractivity contribution in [2.75, 3.05) is 0 Å². The fourth-order valence-corrected chi connectivity index (χ4v) is 11.1. The van der Waals surface area contributed by atoms with Crippen molar-refractivity contribution < 1.29 is 0 Å². The smallest absolute Gasteiger partial charge is 0.0720 e. The Kier molecular flexibility index (Phi) is 6.71. The maximum Gasteiger partial charge on any atom is 0.0720 e. The summed E-state index contributed by atoms with van der Waals surface area (Å²) in [5.74, 6) is 6.88. The maximum absolute atomic E-state index is 2.76. The molecule has 0 heterocycles. The third-order valence-corrected chi connectivity index (χ3v) is 13.8. The van der Waals surface area contributed by atoms with E-state index in [4.69, 9.17) is 0 Å². The van der Waals surface area contributed by atoms with Crippen LogP contribution >= 0.6 is 0 Å². The van der Waals surface area contributed by atoms with E-state index in [9.17, 15) is 0 Å². The minimum Gasteiger partial charge on any atom is -0.0886 e. The van der Waals surface area contributed by atoms with E-state index in [-0.39, 0.29) is 0 Å². The van der Waals surface area contributed by atoms with E-state index in [1.54, 1.807) is 12.8 Å². The van der Waals surface area contributed by atoms with Crippen LogP contribution < -0.4 is 0 Å². The first kappa shape index (κ1) is 24.1. The van der Waals surface area contributed by atoms with Gasteiger partial charge in [-0.15, -0.1) is 0 Å². The van der Waals surface area contributed by atoms with Gasteiger partial charge < -0.3 is 0 Å². The molecule has 31 heavy (non-hydrogen) atoms. The highest BCUT2D eigenvalue weighted by molar-refractivity contribution is 6.83. The molecule has 4 aliphatic carbocycles. The van der Waals surface area contributed by atoms with E-state index in [2.05, 4.69) is 60.3 Å². The first-order valence-electron chi connectivity index (χ1n) is 14.2. The molecule has 3 fully saturated rings. The lowest BCUT2D eigenvalue weighted by atomic mass is 9.45. The summed E-state index contributed by atoms with van der Waals surface area (Å²) in [5, 5.41) is 1.89. The Balaban J connectivity index is 1.48. The zero-order chi connectivity index (χ0) is 22.6. The van der Waals surface area contributed by atoms with Crippen molar-refractivity contribution in [3.05, 3.63) is 11.3 Å². The second-order valence-corrected chi connectivity index (χ2v) is 19.7. The number of fused-ring (bicyclic) bond motifs is 5. The van der Waals surface area contributed by atoms with Crippen LogP contribution in [0.5, 0.6) is 0 Å². The molecule has 8 atom stereocenters. The molecule has 3 saturated carbocycles. The van der Waals surface area contributed by atoms with Gasteiger partial charge in [-0.25, -0.2) is 0 Å². The number of allylic oxidation sites excluding steroid dienone is 2. The van der Waals surface area contributed by atoms with Gasteiger partial charge in [0.15, 0.2) is 0 Å². The average molecular weight is 443 g/mol. The van der Waals surface area contributed by atoms with Crippen LogP contribution in [0.2, 0.25) is 19.6 Å². The first-order valence-corrected chi connectivity index (χ1v) is 17.7. The Hall–Kier alpha value is -0.0431. The van der Waals surface area contributed by atoms with E-state index in [0.717, 1.165) is 41.4 Å². The van der Waals surface area contributed by atoms with E-state index >= 15 is 0 Å². The standard InChI is InChI=1S/C30H54Si/c1-21(2)10-9-11-22(3)26-14-15-27-25-13-12-23-20-24(31(6,7)8)16-18-29(23,4)28(25)17-19-30(26,27)5/h16,21-23,25-28H,9-15,17-20H2,1-8H3/t22-,23-,25-,26-,27+,28-,29-,30+/m0/s1. The van der Waals surface area contributed by atoms with Crippen LogP contribution in [0.4, 0.5) is 0 Å². The molecule has 0 spiro atoms. The summed E-state index contributed by atoms with van der Waals surface area (Å²) in [7, 11) is -1.12. The molecule has 0 amide bonds. The van der Waals surface area contributed by atoms with E-state index in [0.29, 0.717) is 10.8 Å². The minimum atomic E-state index is -1.12. The summed E-state index contributed by atoms with van der Waals surface area (Å²) in [5.41, 5.74) is 1.25. The Bertz CT molecular complexity index is 668. The van der Waals surface area contributed by atoms with Crippen LogP contribution in [0, 0.1) is 52.3 Å². The Morgan fingerprint density at radius 2 is 1.61 bits per heavy atom. The molecule has 0 aliphatic heterocycles. The summed E-state index contributed by atoms with van der Waals surface area (Å²) in [6, 6.07) is 0. The van der Waals surface area contributed by atoms with Crippen molar-refractivity contribution in [3.8, 4) is 0 Å². The predicted molar refractivity (Wildman–Crippen MR) is 140 cm³/mol. The quantitative estimate of drug-likeness (QED) is 0.359. The zero-order valence-corrected chi connectivity index (χ0v) is 23.4. The van der Waals surface area contributed by atoms with Gasteiger partial charge in [0, 0.05) is 0 Å². The van der Waals surface area contributed by atoms with Crippen LogP contribution in [0.1, 0.15) is 105 Å². The van der Waals surface area contributed by atoms with Crippen LogP contribution in [0.3, 0.4) is 0 Å². The van der Waals surface area contributed by atoms with Crippen molar-refractivity contribution in [1.82, 2.24) is 0 Å². The van der Waals surface area contributed by atoms with E-state index in [1.165, 1.54) is 57.8 Å². The minimum absolute atomic E-state index is 0.606. The van der Waals surface area contributed by atoms with Gasteiger partial charge in [0.1, 0.15) is 0 Å². The SMILES string of the molecule is CC(C)CCC[C@H](C)[C@@H]1CC[C@@H]2[C@@H]3CC[C@H]4CC([Si](C)(C)C)=CC[C@]4(C)[C@H]3CC[C@@]21C. The fourth-order valence-electron chi connectivity index (χ4n) is 9.52. The molecule has 4 rings (SSSR count). The van der Waals surface area contributed by atoms with Crippen molar-refractivity contribution >= 4 is 8.07 Å². The highest BCUT2D eigenvalue weighted by Gasteiger charge is 2.60. The van der Waals surface area contributed by atoms with Gasteiger partial charge in [-0.05, 0) is 104 Å². The summed E-state index contributed by atoms with van der Waals surface area (Å²) < 4.78 is 0. The van der Waals surface area contributed by atoms with Crippen LogP contribution in [0.15, 0.2) is 11.3 Å². The monoisotopic (exact) mass is 442 g/mol. The van der Waals surface area contributed by atoms with Crippen LogP contribution in [-0.4, -0.2) is 8.07 Å². The normalized spacial score (nSPS) is 43.8. The lowest BCUT2D eigenvalue weighted by molar-refractivity contribution is -0.101. The highest BCUT2D eigenvalue weighted by Crippen LogP contribution is 2.68. The average Bonchev–Trinajstić information content (AvgIpc) is 3.03. The summed E-state index contributed by atoms with van der Waals surface area (Å²) in [6.45, 7) is 20.6. The lowest BCUT2D eigenvalue weighted by Gasteiger charge is -2.61. The third-order valence-electron chi connectivity index (χ3n) is 11.5. The van der Waals surface area contributed by atoms with Crippen molar-refractivity contribution in [3.63, 3.8) is 0 Å². The van der Waals surface area contributed by atoms with Gasteiger partial charge in [0.2, 0.25) is 0 Å². The van der Waals surface area contributed by atoms with Crippen molar-refractivity contribution in [2.24, 2.45) is 52.3 Å². The third kappa shape index (κ3) is 4.28. The molecule has 0 radical (unpaired) electrons. The highest BCUT2D eigenvalue weighted by atomic mass is 28.3. The van der Waals surface area contributed by atoms with Gasteiger partial charge in [-0.3, -0.25) is 0 Å². The molecule has 178 valence electrons. The molecular formula is C30H54Si. The summed E-state index contributed by atoms with van der Waals surface area (Å²) in [6.07, 6.45) is 19.2. The summed E-state index contributed by atoms with van der Waals surface area (Å²) in [4.78, 5) is 0. The van der Waals surface area contributed by atoms with Crippen molar-refractivity contribution in [1.29, 1.82) is 0 Å². The molecule has 0 nitrogen and oxygen atoms in total. The van der Waals surface area contributed by atoms with E-state index in [1.807, 2.05) is 5.20 Å². The number of rotatable bonds is 6. The van der Waals surface area contributed by atoms with Gasteiger partial charge in [0.05, 0.1) is 8.07 Å². The Morgan fingerprint density at radius 3 is 2.29 bits per heavy atom. The van der Waals surface area contributed by atoms with Gasteiger partial charge in [0.25, 0.3) is 0 Å². The second kappa shape index (κ2) is 8.63. The Labute approximate surface area is 196 Å². The maximum atomic E-state index is 2.76. The second-order valence-electron chi connectivity index (χ2n) is 14.6. The van der Waals surface area contributed by atoms with Crippen molar-refractivity contribution in [2.45, 2.75) is 125 Å². The Morgan fingerprint density at radius 1 is 0.903 bits per heavy atom. The molecule has 0 aromatic carbocycles. The van der Waals surface area contributed by atoms with Gasteiger partial charge in [-0.2, -0.15) is 0 Å². The van der Waals surface area contributed by atoms with Crippen LogP contribution in [0.25, 0.3) is 0 Å². The molecular weight excluding hydrogens is 388 g/mol. The predicted octanol–water partition coefficient (Wildman–Crippen LogP) is 9.52. The molecule has 0 aromatic heterocycles. The number of hydrogen-bond acceptors (Lipinski definition) is 0. The number of hydrogen-bond donors (Lipinski definition) is 0. The molecule has 0 N–H and O–H groups in total. The molecule has 0 unspecified atom stereocenters. The molecule has 0 saturated heterocycles. The van der Waals surface area contributed by atoms with E-state index < -0.39 is 8.07 Å². The fraction of sp³-hybridized carbons (Fsp3) is 0.933.